The van der Waals surface area contributed by atoms with Crippen molar-refractivity contribution in [3.05, 3.63) is 82.9 Å². The van der Waals surface area contributed by atoms with Gasteiger partial charge < -0.3 is 11.1 Å². The van der Waals surface area contributed by atoms with Crippen molar-refractivity contribution in [2.45, 2.75) is 6.92 Å². The third-order valence-electron chi connectivity index (χ3n) is 5.00. The lowest BCUT2D eigenvalue weighted by Crippen LogP contribution is -2.19. The zero-order valence-corrected chi connectivity index (χ0v) is 19.4. The van der Waals surface area contributed by atoms with Gasteiger partial charge in [0.05, 0.1) is 26.8 Å². The van der Waals surface area contributed by atoms with Crippen molar-refractivity contribution in [3.63, 3.8) is 0 Å². The molecule has 0 saturated carbocycles. The molecule has 7 nitrogen and oxygen atoms in total. The number of hydrogen-bond acceptors (Lipinski definition) is 5. The van der Waals surface area contributed by atoms with Crippen LogP contribution in [0.4, 0.5) is 11.4 Å². The van der Waals surface area contributed by atoms with Crippen LogP contribution in [0, 0.1) is 6.92 Å². The van der Waals surface area contributed by atoms with Gasteiger partial charge in [0.2, 0.25) is 5.91 Å². The van der Waals surface area contributed by atoms with Crippen molar-refractivity contribution < 1.29 is 4.79 Å². The van der Waals surface area contributed by atoms with E-state index < -0.39 is 0 Å². The molecule has 0 unspecified atom stereocenters. The molecule has 0 bridgehead atoms. The second-order valence-electron chi connectivity index (χ2n) is 7.11. The average molecular weight is 537 g/mol. The van der Waals surface area contributed by atoms with Gasteiger partial charge in [-0.3, -0.25) is 24.1 Å². The monoisotopic (exact) mass is 537 g/mol. The van der Waals surface area contributed by atoms with Crippen LogP contribution in [-0.4, -0.2) is 26.1 Å². The van der Waals surface area contributed by atoms with Crippen molar-refractivity contribution in [1.29, 1.82) is 0 Å². The van der Waals surface area contributed by atoms with Crippen molar-refractivity contribution in [3.8, 4) is 5.69 Å². The number of pyridine rings is 2. The molecule has 0 aliphatic carbocycles. The van der Waals surface area contributed by atoms with E-state index in [1.54, 1.807) is 29.1 Å². The molecule has 0 atom stereocenters. The molecule has 32 heavy (non-hydrogen) atoms. The molecule has 0 radical (unpaired) electrons. The fraction of sp³-hybridized carbons (Fsp3) is 0.0833. The minimum atomic E-state index is -0.181. The van der Waals surface area contributed by atoms with Gasteiger partial charge in [-0.25, -0.2) is 0 Å². The highest BCUT2D eigenvalue weighted by Crippen LogP contribution is 2.29. The highest BCUT2D eigenvalue weighted by Gasteiger charge is 2.13. The molecule has 160 valence electrons. The fourth-order valence-electron chi connectivity index (χ4n) is 3.48. The number of carbonyl (C=O) groups is 1. The largest absolute Gasteiger partial charge is 0.405 e. The summed E-state index contributed by atoms with van der Waals surface area (Å²) in [6.07, 6.45) is 6.40. The molecule has 2 aromatic carbocycles. The molecule has 0 aliphatic heterocycles. The second-order valence-corrected chi connectivity index (χ2v) is 7.88. The second kappa shape index (κ2) is 9.31. The number of benzene rings is 2. The van der Waals surface area contributed by atoms with Gasteiger partial charge in [0.1, 0.15) is 0 Å². The van der Waals surface area contributed by atoms with Crippen LogP contribution in [0.2, 0.25) is 0 Å². The predicted octanol–water partition coefficient (Wildman–Crippen LogP) is 4.40. The Kier molecular flexibility index (Phi) is 6.31. The molecule has 4 aromatic rings. The summed E-state index contributed by atoms with van der Waals surface area (Å²) in [6, 6.07) is 14.5. The Morgan fingerprint density at radius 2 is 2.06 bits per heavy atom. The summed E-state index contributed by atoms with van der Waals surface area (Å²) in [5, 5.41) is 4.52. The number of aromatic nitrogens is 2. The van der Waals surface area contributed by atoms with Crippen LogP contribution in [0.25, 0.3) is 27.5 Å². The van der Waals surface area contributed by atoms with Gasteiger partial charge in [-0.05, 0) is 61.2 Å². The molecule has 2 aromatic heterocycles. The van der Waals surface area contributed by atoms with Crippen LogP contribution in [0.15, 0.2) is 76.8 Å². The van der Waals surface area contributed by atoms with Crippen LogP contribution in [0.3, 0.4) is 0 Å². The van der Waals surface area contributed by atoms with Gasteiger partial charge in [-0.2, -0.15) is 0 Å². The maximum atomic E-state index is 13.0. The first-order valence-corrected chi connectivity index (χ1v) is 11.4. The normalized spacial score (nSPS) is 11.7. The summed E-state index contributed by atoms with van der Waals surface area (Å²) in [7, 11) is 0. The zero-order valence-electron chi connectivity index (χ0n) is 17.2. The van der Waals surface area contributed by atoms with Gasteiger partial charge in [-0.1, -0.05) is 28.7 Å². The summed E-state index contributed by atoms with van der Waals surface area (Å²) in [5.41, 5.74) is 9.62. The van der Waals surface area contributed by atoms with E-state index in [2.05, 4.69) is 15.3 Å². The van der Waals surface area contributed by atoms with Gasteiger partial charge in [0, 0.05) is 34.9 Å². The van der Waals surface area contributed by atoms with Crippen molar-refractivity contribution >= 4 is 67.9 Å². The van der Waals surface area contributed by atoms with Crippen molar-refractivity contribution in [2.24, 2.45) is 10.7 Å². The van der Waals surface area contributed by atoms with E-state index in [0.717, 1.165) is 27.4 Å². The van der Waals surface area contributed by atoms with Crippen LogP contribution >= 0.6 is 22.6 Å². The van der Waals surface area contributed by atoms with Crippen molar-refractivity contribution in [2.75, 3.05) is 9.74 Å². The Hall–Kier alpha value is -3.53. The number of amides is 1. The van der Waals surface area contributed by atoms with E-state index in [-0.39, 0.29) is 11.5 Å². The minimum absolute atomic E-state index is 0.0974. The van der Waals surface area contributed by atoms with Gasteiger partial charge >= 0.3 is 0 Å². The van der Waals surface area contributed by atoms with E-state index in [0.29, 0.717) is 21.5 Å². The van der Waals surface area contributed by atoms with Gasteiger partial charge in [0.15, 0.2) is 0 Å². The first-order valence-electron chi connectivity index (χ1n) is 9.84. The molecular formula is C24H20IN5O2. The molecule has 8 heteroatoms. The molecule has 2 heterocycles. The third kappa shape index (κ3) is 4.26. The number of rotatable bonds is 5. The molecule has 0 fully saturated rings. The van der Waals surface area contributed by atoms with Crippen LogP contribution in [-0.2, 0) is 4.79 Å². The number of hydrogen-bond donors (Lipinski definition) is 2. The van der Waals surface area contributed by atoms with Gasteiger partial charge in [0.25, 0.3) is 5.56 Å². The summed E-state index contributed by atoms with van der Waals surface area (Å²) >= 11 is 2.02. The maximum absolute atomic E-state index is 13.0. The number of nitrogens with zero attached hydrogens (tertiary/aromatic N) is 3. The standard InChI is InChI=1S/C24H20IN5O2/c1-15-3-6-18(12-21(15)29-22(31)13-25)30-23(32)8-4-16-14-28-20-7-5-17(27-10-2-9-26)11-19(20)24(16)30/h2-12,14H,13,26H2,1H3,(H,29,31). The number of nitrogens with two attached hydrogens (primary N) is 1. The molecular weight excluding hydrogens is 517 g/mol. The molecule has 0 saturated heterocycles. The molecule has 0 spiro atoms. The first-order chi connectivity index (χ1) is 15.5. The van der Waals surface area contributed by atoms with Crippen molar-refractivity contribution in [1.82, 2.24) is 9.55 Å². The average Bonchev–Trinajstić information content (AvgIpc) is 2.80. The minimum Gasteiger partial charge on any atom is -0.405 e. The number of allylic oxidation sites excluding steroid dienone is 1. The molecule has 1 amide bonds. The first kappa shape index (κ1) is 21.7. The smallest absolute Gasteiger partial charge is 0.255 e. The molecule has 3 N–H and O–H groups in total. The lowest BCUT2D eigenvalue weighted by atomic mass is 10.1. The van der Waals surface area contributed by atoms with Crippen LogP contribution in [0.1, 0.15) is 5.56 Å². The number of aryl methyl sites for hydroxylation is 1. The van der Waals surface area contributed by atoms with Crippen LogP contribution < -0.4 is 16.6 Å². The van der Waals surface area contributed by atoms with E-state index >= 15 is 0 Å². The fourth-order valence-corrected chi connectivity index (χ4v) is 3.67. The Labute approximate surface area is 197 Å². The molecule has 0 aliphatic rings. The number of carbonyl (C=O) groups excluding carboxylic acids is 1. The summed E-state index contributed by atoms with van der Waals surface area (Å²) in [6.45, 7) is 1.91. The number of fused-ring (bicyclic) bond motifs is 3. The van der Waals surface area contributed by atoms with Crippen LogP contribution in [0.5, 0.6) is 0 Å². The third-order valence-corrected chi connectivity index (χ3v) is 5.69. The SMILES string of the molecule is Cc1ccc(-n2c(=O)ccc3cnc4ccc(N=CC=CN)cc4c32)cc1NC(=O)CI. The zero-order chi connectivity index (χ0) is 22.7. The van der Waals surface area contributed by atoms with E-state index in [1.165, 1.54) is 12.3 Å². The number of anilines is 1. The Balaban J connectivity index is 2.00. The lowest BCUT2D eigenvalue weighted by Gasteiger charge is -2.15. The number of alkyl halides is 1. The number of nitrogens with one attached hydrogen (secondary N) is 1. The summed E-state index contributed by atoms with van der Waals surface area (Å²) < 4.78 is 1.99. The van der Waals surface area contributed by atoms with E-state index in [4.69, 9.17) is 5.73 Å². The highest BCUT2D eigenvalue weighted by molar-refractivity contribution is 14.1. The topological polar surface area (TPSA) is 102 Å². The lowest BCUT2D eigenvalue weighted by molar-refractivity contribution is -0.113. The quantitative estimate of drug-likeness (QED) is 0.171. The van der Waals surface area contributed by atoms with Gasteiger partial charge in [-0.15, -0.1) is 0 Å². The summed E-state index contributed by atoms with van der Waals surface area (Å²) in [5.74, 6) is -0.0974. The Morgan fingerprint density at radius 3 is 2.84 bits per heavy atom. The Morgan fingerprint density at radius 1 is 1.22 bits per heavy atom. The van der Waals surface area contributed by atoms with E-state index in [1.807, 2.05) is 65.9 Å². The maximum Gasteiger partial charge on any atom is 0.255 e. The Bertz CT molecular complexity index is 1460. The number of halogens is 1. The highest BCUT2D eigenvalue weighted by atomic mass is 127. The number of aliphatic imine (C=N–C) groups is 1. The molecule has 4 rings (SSSR count). The van der Waals surface area contributed by atoms with E-state index in [9.17, 15) is 9.59 Å². The summed E-state index contributed by atoms with van der Waals surface area (Å²) in [4.78, 5) is 33.9. The predicted molar refractivity (Wildman–Crippen MR) is 139 cm³/mol.